The highest BCUT2D eigenvalue weighted by Crippen LogP contribution is 2.34. The van der Waals surface area contributed by atoms with E-state index in [0.717, 1.165) is 43.1 Å². The molecule has 1 saturated carbocycles. The molecule has 2 aliphatic rings. The Morgan fingerprint density at radius 1 is 1.24 bits per heavy atom. The first kappa shape index (κ1) is 11.1. The van der Waals surface area contributed by atoms with Crippen molar-refractivity contribution < 1.29 is 9.84 Å². The van der Waals surface area contributed by atoms with E-state index in [4.69, 9.17) is 4.74 Å². The van der Waals surface area contributed by atoms with Gasteiger partial charge in [-0.25, -0.2) is 0 Å². The van der Waals surface area contributed by atoms with Crippen molar-refractivity contribution in [2.75, 3.05) is 6.61 Å². The van der Waals surface area contributed by atoms with Crippen molar-refractivity contribution in [2.45, 2.75) is 44.6 Å². The van der Waals surface area contributed by atoms with E-state index in [-0.39, 0.29) is 6.10 Å². The molecule has 0 amide bonds. The molecule has 2 aliphatic carbocycles. The largest absolute Gasteiger partial charge is 0.494 e. The normalized spacial score (nSPS) is 23.2. The number of aryl methyl sites for hydroxylation is 1. The Balaban J connectivity index is 1.65. The Labute approximate surface area is 103 Å². The monoisotopic (exact) mass is 232 g/mol. The highest BCUT2D eigenvalue weighted by Gasteiger charge is 2.21. The van der Waals surface area contributed by atoms with Crippen molar-refractivity contribution in [1.82, 2.24) is 0 Å². The predicted molar refractivity (Wildman–Crippen MR) is 67.2 cm³/mol. The van der Waals surface area contributed by atoms with Crippen LogP contribution >= 0.6 is 0 Å². The van der Waals surface area contributed by atoms with Gasteiger partial charge in [0.25, 0.3) is 0 Å². The molecule has 92 valence electrons. The van der Waals surface area contributed by atoms with Gasteiger partial charge < -0.3 is 9.84 Å². The third-order valence-corrected chi connectivity index (χ3v) is 3.89. The summed E-state index contributed by atoms with van der Waals surface area (Å²) in [5, 5.41) is 9.95. The van der Waals surface area contributed by atoms with Crippen LogP contribution in [0, 0.1) is 5.92 Å². The molecular weight excluding hydrogens is 212 g/mol. The summed E-state index contributed by atoms with van der Waals surface area (Å²) in [4.78, 5) is 0. The molecule has 0 bridgehead atoms. The highest BCUT2D eigenvalue weighted by atomic mass is 16.5. The molecule has 17 heavy (non-hydrogen) atoms. The molecule has 0 aromatic heterocycles. The molecule has 0 heterocycles. The van der Waals surface area contributed by atoms with Crippen molar-refractivity contribution in [1.29, 1.82) is 0 Å². The molecule has 1 aromatic rings. The number of fused-ring (bicyclic) bond motifs is 1. The lowest BCUT2D eigenvalue weighted by molar-refractivity contribution is 0.156. The van der Waals surface area contributed by atoms with Gasteiger partial charge in [0.15, 0.2) is 0 Å². The van der Waals surface area contributed by atoms with E-state index in [1.165, 1.54) is 24.8 Å². The van der Waals surface area contributed by atoms with Crippen LogP contribution in [0.2, 0.25) is 0 Å². The summed E-state index contributed by atoms with van der Waals surface area (Å²) in [6.07, 6.45) is 6.73. The number of rotatable bonds is 4. The van der Waals surface area contributed by atoms with Gasteiger partial charge in [-0.1, -0.05) is 18.9 Å². The van der Waals surface area contributed by atoms with Crippen LogP contribution in [0.25, 0.3) is 0 Å². The average molecular weight is 232 g/mol. The SMILES string of the molecule is O[C@H]1CCCc2ccc(OCCC3CC3)cc21. The fraction of sp³-hybridized carbons (Fsp3) is 0.600. The summed E-state index contributed by atoms with van der Waals surface area (Å²) in [5.74, 6) is 1.84. The molecule has 2 nitrogen and oxygen atoms in total. The van der Waals surface area contributed by atoms with Crippen molar-refractivity contribution in [2.24, 2.45) is 5.92 Å². The third kappa shape index (κ3) is 2.63. The van der Waals surface area contributed by atoms with E-state index >= 15 is 0 Å². The lowest BCUT2D eigenvalue weighted by atomic mass is 9.89. The van der Waals surface area contributed by atoms with Crippen LogP contribution in [0.1, 0.15) is 49.3 Å². The number of hydrogen-bond donors (Lipinski definition) is 1. The molecule has 1 fully saturated rings. The van der Waals surface area contributed by atoms with Gasteiger partial charge in [0.1, 0.15) is 5.75 Å². The Kier molecular flexibility index (Phi) is 3.06. The minimum atomic E-state index is -0.286. The quantitative estimate of drug-likeness (QED) is 0.863. The summed E-state index contributed by atoms with van der Waals surface area (Å²) in [5.41, 5.74) is 2.37. The van der Waals surface area contributed by atoms with Gasteiger partial charge in [0.05, 0.1) is 12.7 Å². The Hall–Kier alpha value is -1.02. The number of ether oxygens (including phenoxy) is 1. The van der Waals surface area contributed by atoms with E-state index in [1.807, 2.05) is 12.1 Å². The molecular formula is C15H20O2. The van der Waals surface area contributed by atoms with E-state index in [2.05, 4.69) is 6.07 Å². The zero-order valence-electron chi connectivity index (χ0n) is 10.2. The first-order valence-corrected chi connectivity index (χ1v) is 6.76. The van der Waals surface area contributed by atoms with Crippen molar-refractivity contribution in [3.8, 4) is 5.75 Å². The molecule has 0 radical (unpaired) electrons. The number of benzene rings is 1. The van der Waals surface area contributed by atoms with Gasteiger partial charge in [0.2, 0.25) is 0 Å². The first-order chi connectivity index (χ1) is 8.33. The molecule has 2 heteroatoms. The zero-order chi connectivity index (χ0) is 11.7. The summed E-state index contributed by atoms with van der Waals surface area (Å²) in [6, 6.07) is 6.19. The summed E-state index contributed by atoms with van der Waals surface area (Å²) in [7, 11) is 0. The van der Waals surface area contributed by atoms with Crippen LogP contribution in [0.4, 0.5) is 0 Å². The minimum absolute atomic E-state index is 0.286. The van der Waals surface area contributed by atoms with Gasteiger partial charge in [-0.3, -0.25) is 0 Å². The Bertz CT molecular complexity index is 396. The van der Waals surface area contributed by atoms with Crippen LogP contribution in [0.3, 0.4) is 0 Å². The third-order valence-electron chi connectivity index (χ3n) is 3.89. The maximum Gasteiger partial charge on any atom is 0.119 e. The smallest absolute Gasteiger partial charge is 0.119 e. The molecule has 0 spiro atoms. The van der Waals surface area contributed by atoms with Crippen molar-refractivity contribution >= 4 is 0 Å². The van der Waals surface area contributed by atoms with Crippen LogP contribution in [-0.2, 0) is 6.42 Å². The molecule has 1 aromatic carbocycles. The van der Waals surface area contributed by atoms with Gasteiger partial charge in [-0.05, 0) is 54.9 Å². The summed E-state index contributed by atoms with van der Waals surface area (Å²) < 4.78 is 5.76. The van der Waals surface area contributed by atoms with Crippen LogP contribution in [0.5, 0.6) is 5.75 Å². The number of hydrogen-bond acceptors (Lipinski definition) is 2. The van der Waals surface area contributed by atoms with Crippen LogP contribution in [0.15, 0.2) is 18.2 Å². The van der Waals surface area contributed by atoms with E-state index in [9.17, 15) is 5.11 Å². The fourth-order valence-corrected chi connectivity index (χ4v) is 2.59. The highest BCUT2D eigenvalue weighted by molar-refractivity contribution is 5.38. The average Bonchev–Trinajstić information content (AvgIpc) is 3.14. The van der Waals surface area contributed by atoms with Gasteiger partial charge in [-0.2, -0.15) is 0 Å². The first-order valence-electron chi connectivity index (χ1n) is 6.76. The maximum absolute atomic E-state index is 9.95. The maximum atomic E-state index is 9.95. The fourth-order valence-electron chi connectivity index (χ4n) is 2.59. The van der Waals surface area contributed by atoms with E-state index < -0.39 is 0 Å². The molecule has 0 unspecified atom stereocenters. The summed E-state index contributed by atoms with van der Waals surface area (Å²) >= 11 is 0. The Morgan fingerprint density at radius 2 is 2.12 bits per heavy atom. The predicted octanol–water partition coefficient (Wildman–Crippen LogP) is 3.24. The number of aliphatic hydroxyl groups is 1. The molecule has 3 rings (SSSR count). The van der Waals surface area contributed by atoms with Gasteiger partial charge >= 0.3 is 0 Å². The lowest BCUT2D eigenvalue weighted by Crippen LogP contribution is -2.09. The second-order valence-electron chi connectivity index (χ2n) is 5.35. The second kappa shape index (κ2) is 4.69. The van der Waals surface area contributed by atoms with Crippen LogP contribution < -0.4 is 4.74 Å². The van der Waals surface area contributed by atoms with Crippen LogP contribution in [-0.4, -0.2) is 11.7 Å². The second-order valence-corrected chi connectivity index (χ2v) is 5.35. The number of aliphatic hydroxyl groups excluding tert-OH is 1. The van der Waals surface area contributed by atoms with E-state index in [1.54, 1.807) is 0 Å². The molecule has 1 atom stereocenters. The van der Waals surface area contributed by atoms with E-state index in [0.29, 0.717) is 0 Å². The van der Waals surface area contributed by atoms with Crippen molar-refractivity contribution in [3.63, 3.8) is 0 Å². The summed E-state index contributed by atoms with van der Waals surface area (Å²) in [6.45, 7) is 0.819. The molecule has 1 N–H and O–H groups in total. The zero-order valence-corrected chi connectivity index (χ0v) is 10.2. The van der Waals surface area contributed by atoms with Gasteiger partial charge in [-0.15, -0.1) is 0 Å². The lowest BCUT2D eigenvalue weighted by Gasteiger charge is -2.22. The molecule has 0 aliphatic heterocycles. The topological polar surface area (TPSA) is 29.5 Å². The van der Waals surface area contributed by atoms with Gasteiger partial charge in [0, 0.05) is 0 Å². The Morgan fingerprint density at radius 3 is 2.94 bits per heavy atom. The van der Waals surface area contributed by atoms with Crippen molar-refractivity contribution in [3.05, 3.63) is 29.3 Å². The molecule has 0 saturated heterocycles. The minimum Gasteiger partial charge on any atom is -0.494 e. The standard InChI is InChI=1S/C15H20O2/c16-15-3-1-2-12-6-7-13(10-14(12)15)17-9-8-11-4-5-11/h6-7,10-11,15-16H,1-5,8-9H2/t15-/m0/s1.